The first-order valence-corrected chi connectivity index (χ1v) is 10.3. The Balaban J connectivity index is 1.40. The molecular weight excluding hydrogens is 360 g/mol. The molecule has 4 rings (SSSR count). The van der Waals surface area contributed by atoms with Gasteiger partial charge in [-0.3, -0.25) is 9.80 Å². The van der Waals surface area contributed by atoms with Gasteiger partial charge in [0.05, 0.1) is 5.56 Å². The van der Waals surface area contributed by atoms with Crippen LogP contribution < -0.4 is 0 Å². The molecule has 1 saturated heterocycles. The van der Waals surface area contributed by atoms with Crippen molar-refractivity contribution in [3.8, 4) is 0 Å². The van der Waals surface area contributed by atoms with Crippen molar-refractivity contribution >= 4 is 16.7 Å². The summed E-state index contributed by atoms with van der Waals surface area (Å²) in [5, 5.41) is 11.7. The van der Waals surface area contributed by atoms with Crippen LogP contribution in [0.5, 0.6) is 0 Å². The number of benzene rings is 3. The average Bonchev–Trinajstić information content (AvgIpc) is 2.71. The van der Waals surface area contributed by atoms with E-state index in [1.165, 1.54) is 16.3 Å². The summed E-state index contributed by atoms with van der Waals surface area (Å²) in [5.41, 5.74) is 2.87. The van der Waals surface area contributed by atoms with Gasteiger partial charge in [0.1, 0.15) is 0 Å². The zero-order valence-electron chi connectivity index (χ0n) is 17.1. The molecule has 0 saturated carbocycles. The van der Waals surface area contributed by atoms with Crippen molar-refractivity contribution in [3.05, 3.63) is 83.4 Å². The number of nitrogens with zero attached hydrogens (tertiary/aromatic N) is 2. The van der Waals surface area contributed by atoms with E-state index in [2.05, 4.69) is 66.1 Å². The molecule has 0 bridgehead atoms. The van der Waals surface area contributed by atoms with Crippen molar-refractivity contribution in [3.63, 3.8) is 0 Å². The summed E-state index contributed by atoms with van der Waals surface area (Å²) < 4.78 is 0. The normalized spacial score (nSPS) is 20.8. The van der Waals surface area contributed by atoms with Gasteiger partial charge in [0.15, 0.2) is 0 Å². The monoisotopic (exact) mass is 388 g/mol. The largest absolute Gasteiger partial charge is 0.478 e. The van der Waals surface area contributed by atoms with E-state index in [4.69, 9.17) is 5.11 Å². The maximum absolute atomic E-state index is 11.0. The SMILES string of the molecule is C[C@@H]1CN(Cc2ccc3ccccc3c2)C[C@H](C)N1Cc1ccc(C(=O)O)cc1. The highest BCUT2D eigenvalue weighted by Gasteiger charge is 2.29. The van der Waals surface area contributed by atoms with Crippen LogP contribution in [0.4, 0.5) is 0 Å². The van der Waals surface area contributed by atoms with Crippen LogP contribution in [-0.4, -0.2) is 46.0 Å². The summed E-state index contributed by atoms with van der Waals surface area (Å²) >= 11 is 0. The zero-order valence-corrected chi connectivity index (χ0v) is 17.1. The van der Waals surface area contributed by atoms with Crippen molar-refractivity contribution in [2.45, 2.75) is 39.0 Å². The number of carboxylic acid groups (broad SMARTS) is 1. The first-order valence-electron chi connectivity index (χ1n) is 10.3. The van der Waals surface area contributed by atoms with Crippen LogP contribution in [-0.2, 0) is 13.1 Å². The lowest BCUT2D eigenvalue weighted by molar-refractivity contribution is 0.0290. The van der Waals surface area contributed by atoms with Crippen molar-refractivity contribution in [2.24, 2.45) is 0 Å². The molecule has 1 aliphatic rings. The minimum Gasteiger partial charge on any atom is -0.478 e. The van der Waals surface area contributed by atoms with Crippen molar-refractivity contribution in [1.82, 2.24) is 9.80 Å². The predicted molar refractivity (Wildman–Crippen MR) is 117 cm³/mol. The van der Waals surface area contributed by atoms with Crippen molar-refractivity contribution in [2.75, 3.05) is 13.1 Å². The summed E-state index contributed by atoms with van der Waals surface area (Å²) in [4.78, 5) is 16.1. The Morgan fingerprint density at radius 1 is 0.862 bits per heavy atom. The lowest BCUT2D eigenvalue weighted by Crippen LogP contribution is -2.55. The fraction of sp³-hybridized carbons (Fsp3) is 0.320. The molecule has 29 heavy (non-hydrogen) atoms. The third-order valence-electron chi connectivity index (χ3n) is 5.96. The Morgan fingerprint density at radius 2 is 1.48 bits per heavy atom. The number of carbonyl (C=O) groups is 1. The van der Waals surface area contributed by atoms with Crippen LogP contribution in [0.1, 0.15) is 35.3 Å². The number of rotatable bonds is 5. The number of hydrogen-bond donors (Lipinski definition) is 1. The number of fused-ring (bicyclic) bond motifs is 1. The summed E-state index contributed by atoms with van der Waals surface area (Å²) in [6.45, 7) is 8.46. The third-order valence-corrected chi connectivity index (χ3v) is 5.96. The highest BCUT2D eigenvalue weighted by molar-refractivity contribution is 5.87. The van der Waals surface area contributed by atoms with Gasteiger partial charge < -0.3 is 5.11 Å². The van der Waals surface area contributed by atoms with Gasteiger partial charge in [0.2, 0.25) is 0 Å². The van der Waals surface area contributed by atoms with Gasteiger partial charge in [-0.1, -0.05) is 48.5 Å². The summed E-state index contributed by atoms with van der Waals surface area (Å²) in [7, 11) is 0. The Kier molecular flexibility index (Phi) is 5.65. The molecule has 150 valence electrons. The summed E-state index contributed by atoms with van der Waals surface area (Å²) in [5.74, 6) is -0.874. The van der Waals surface area contributed by atoms with E-state index in [9.17, 15) is 4.79 Å². The summed E-state index contributed by atoms with van der Waals surface area (Å²) in [6, 6.07) is 23.4. The van der Waals surface area contributed by atoms with Crippen LogP contribution in [0.3, 0.4) is 0 Å². The Bertz CT molecular complexity index is 987. The second kappa shape index (κ2) is 8.36. The summed E-state index contributed by atoms with van der Waals surface area (Å²) in [6.07, 6.45) is 0. The number of aromatic carboxylic acids is 1. The van der Waals surface area contributed by atoms with Crippen LogP contribution in [0, 0.1) is 0 Å². The molecular formula is C25H28N2O2. The molecule has 1 fully saturated rings. The maximum atomic E-state index is 11.0. The van der Waals surface area contributed by atoms with E-state index in [0.717, 1.165) is 31.7 Å². The van der Waals surface area contributed by atoms with E-state index in [1.807, 2.05) is 12.1 Å². The molecule has 0 aliphatic carbocycles. The van der Waals surface area contributed by atoms with Gasteiger partial charge in [0, 0.05) is 38.3 Å². The van der Waals surface area contributed by atoms with Gasteiger partial charge in [0.25, 0.3) is 0 Å². The van der Waals surface area contributed by atoms with Gasteiger partial charge in [-0.05, 0) is 53.9 Å². The van der Waals surface area contributed by atoms with Gasteiger partial charge >= 0.3 is 5.97 Å². The maximum Gasteiger partial charge on any atom is 0.335 e. The lowest BCUT2D eigenvalue weighted by atomic mass is 10.0. The second-order valence-electron chi connectivity index (χ2n) is 8.25. The Labute approximate surface area is 172 Å². The molecule has 1 N–H and O–H groups in total. The molecule has 3 aromatic rings. The highest BCUT2D eigenvalue weighted by atomic mass is 16.4. The van der Waals surface area contributed by atoms with E-state index < -0.39 is 5.97 Å². The molecule has 3 aromatic carbocycles. The molecule has 0 unspecified atom stereocenters. The minimum absolute atomic E-state index is 0.343. The molecule has 4 nitrogen and oxygen atoms in total. The Hall–Kier alpha value is -2.69. The fourth-order valence-electron chi connectivity index (χ4n) is 4.47. The molecule has 0 amide bonds. The average molecular weight is 389 g/mol. The Morgan fingerprint density at radius 3 is 2.14 bits per heavy atom. The molecule has 0 aromatic heterocycles. The molecule has 1 aliphatic heterocycles. The van der Waals surface area contributed by atoms with Gasteiger partial charge in [-0.25, -0.2) is 4.79 Å². The topological polar surface area (TPSA) is 43.8 Å². The highest BCUT2D eigenvalue weighted by Crippen LogP contribution is 2.22. The smallest absolute Gasteiger partial charge is 0.335 e. The first-order chi connectivity index (χ1) is 14.0. The van der Waals surface area contributed by atoms with E-state index in [0.29, 0.717) is 17.6 Å². The number of carboxylic acids is 1. The molecule has 4 heteroatoms. The van der Waals surface area contributed by atoms with Crippen LogP contribution in [0.25, 0.3) is 10.8 Å². The van der Waals surface area contributed by atoms with Gasteiger partial charge in [-0.15, -0.1) is 0 Å². The second-order valence-corrected chi connectivity index (χ2v) is 8.25. The number of hydrogen-bond acceptors (Lipinski definition) is 3. The first kappa shape index (κ1) is 19.6. The molecule has 0 radical (unpaired) electrons. The quantitative estimate of drug-likeness (QED) is 0.692. The standard InChI is InChI=1S/C25H28N2O2/c1-18-14-26(16-21-9-10-22-5-3-4-6-24(22)13-21)15-19(2)27(18)17-20-7-11-23(12-8-20)25(28)29/h3-13,18-19H,14-17H2,1-2H3,(H,28,29)/t18-,19+. The molecule has 0 spiro atoms. The predicted octanol–water partition coefficient (Wildman–Crippen LogP) is 4.63. The zero-order chi connectivity index (χ0) is 20.4. The van der Waals surface area contributed by atoms with Crippen LogP contribution in [0.2, 0.25) is 0 Å². The van der Waals surface area contributed by atoms with E-state index >= 15 is 0 Å². The van der Waals surface area contributed by atoms with E-state index in [1.54, 1.807) is 12.1 Å². The van der Waals surface area contributed by atoms with Crippen LogP contribution in [0.15, 0.2) is 66.7 Å². The van der Waals surface area contributed by atoms with Crippen molar-refractivity contribution in [1.29, 1.82) is 0 Å². The van der Waals surface area contributed by atoms with Crippen LogP contribution >= 0.6 is 0 Å². The van der Waals surface area contributed by atoms with E-state index in [-0.39, 0.29) is 0 Å². The minimum atomic E-state index is -0.874. The third kappa shape index (κ3) is 4.50. The number of piperazine rings is 1. The van der Waals surface area contributed by atoms with Crippen molar-refractivity contribution < 1.29 is 9.90 Å². The molecule has 1 heterocycles. The fourth-order valence-corrected chi connectivity index (χ4v) is 4.47. The van der Waals surface area contributed by atoms with Gasteiger partial charge in [-0.2, -0.15) is 0 Å². The molecule has 2 atom stereocenters. The lowest BCUT2D eigenvalue weighted by Gasteiger charge is -2.44.